The zero-order chi connectivity index (χ0) is 15.4. The predicted octanol–water partition coefficient (Wildman–Crippen LogP) is 2.66. The van der Waals surface area contributed by atoms with Gasteiger partial charge in [0.05, 0.1) is 5.69 Å². The number of aryl methyl sites for hydroxylation is 3. The lowest BCUT2D eigenvalue weighted by Gasteiger charge is -2.11. The monoisotopic (exact) mass is 285 g/mol. The van der Waals surface area contributed by atoms with E-state index < -0.39 is 0 Å². The van der Waals surface area contributed by atoms with Gasteiger partial charge in [0, 0.05) is 24.2 Å². The van der Waals surface area contributed by atoms with Crippen LogP contribution in [0.5, 0.6) is 0 Å². The molecule has 1 heterocycles. The Morgan fingerprint density at radius 3 is 2.57 bits per heavy atom. The van der Waals surface area contributed by atoms with E-state index in [1.165, 1.54) is 11.1 Å². The molecule has 4 heteroatoms. The molecule has 0 fully saturated rings. The van der Waals surface area contributed by atoms with E-state index in [9.17, 15) is 4.79 Å². The SMILES string of the molecule is CCCn1nc(-c2ccc(C)c(C)c2)cc(CNC)c1=O. The number of aromatic nitrogens is 2. The Kier molecular flexibility index (Phi) is 4.91. The molecule has 2 rings (SSSR count). The van der Waals surface area contributed by atoms with Gasteiger partial charge in [-0.15, -0.1) is 0 Å². The van der Waals surface area contributed by atoms with Gasteiger partial charge >= 0.3 is 0 Å². The highest BCUT2D eigenvalue weighted by Gasteiger charge is 2.09. The van der Waals surface area contributed by atoms with Gasteiger partial charge in [-0.1, -0.05) is 19.1 Å². The molecule has 0 unspecified atom stereocenters. The molecule has 21 heavy (non-hydrogen) atoms. The number of benzene rings is 1. The summed E-state index contributed by atoms with van der Waals surface area (Å²) < 4.78 is 1.58. The number of rotatable bonds is 5. The maximum absolute atomic E-state index is 12.3. The first-order valence-electron chi connectivity index (χ1n) is 7.40. The van der Waals surface area contributed by atoms with Gasteiger partial charge in [0.25, 0.3) is 5.56 Å². The fraction of sp³-hybridized carbons (Fsp3) is 0.412. The molecule has 0 spiro atoms. The minimum Gasteiger partial charge on any atom is -0.315 e. The van der Waals surface area contributed by atoms with E-state index in [1.807, 2.05) is 13.1 Å². The molecule has 0 bridgehead atoms. The topological polar surface area (TPSA) is 46.9 Å². The summed E-state index contributed by atoms with van der Waals surface area (Å²) in [6.45, 7) is 7.44. The Bertz CT molecular complexity index is 659. The molecule has 2 aromatic rings. The van der Waals surface area contributed by atoms with Crippen LogP contribution in [0.1, 0.15) is 30.0 Å². The standard InChI is InChI=1S/C17H23N3O/c1-5-8-20-17(21)15(11-18-4)10-16(19-20)14-7-6-12(2)13(3)9-14/h6-7,9-10,18H,5,8,11H2,1-4H3. The number of nitrogens with zero attached hydrogens (tertiary/aromatic N) is 2. The average molecular weight is 285 g/mol. The van der Waals surface area contributed by atoms with Crippen LogP contribution in [0.2, 0.25) is 0 Å². The third-order valence-corrected chi connectivity index (χ3v) is 3.65. The van der Waals surface area contributed by atoms with Crippen LogP contribution >= 0.6 is 0 Å². The van der Waals surface area contributed by atoms with Gasteiger partial charge in [-0.3, -0.25) is 4.79 Å². The predicted molar refractivity (Wildman–Crippen MR) is 86.5 cm³/mol. The van der Waals surface area contributed by atoms with Crippen molar-refractivity contribution < 1.29 is 0 Å². The van der Waals surface area contributed by atoms with Crippen molar-refractivity contribution in [1.29, 1.82) is 0 Å². The summed E-state index contributed by atoms with van der Waals surface area (Å²) >= 11 is 0. The van der Waals surface area contributed by atoms with Crippen LogP contribution in [0.25, 0.3) is 11.3 Å². The maximum Gasteiger partial charge on any atom is 0.271 e. The van der Waals surface area contributed by atoms with Crippen LogP contribution in [0.15, 0.2) is 29.1 Å². The van der Waals surface area contributed by atoms with Crippen molar-refractivity contribution >= 4 is 0 Å². The van der Waals surface area contributed by atoms with Crippen LogP contribution in [0.4, 0.5) is 0 Å². The lowest BCUT2D eigenvalue weighted by molar-refractivity contribution is 0.561. The first-order chi connectivity index (χ1) is 10.1. The van der Waals surface area contributed by atoms with Crippen LogP contribution in [-0.2, 0) is 13.1 Å². The normalized spacial score (nSPS) is 10.9. The minimum atomic E-state index is -0.00113. The molecular formula is C17H23N3O. The molecule has 112 valence electrons. The first kappa shape index (κ1) is 15.4. The third kappa shape index (κ3) is 3.39. The number of hydrogen-bond acceptors (Lipinski definition) is 3. The van der Waals surface area contributed by atoms with Crippen molar-refractivity contribution in [2.24, 2.45) is 0 Å². The average Bonchev–Trinajstić information content (AvgIpc) is 2.46. The van der Waals surface area contributed by atoms with E-state index in [0.717, 1.165) is 23.2 Å². The second-order valence-electron chi connectivity index (χ2n) is 5.41. The van der Waals surface area contributed by atoms with E-state index in [2.05, 4.69) is 49.4 Å². The van der Waals surface area contributed by atoms with E-state index in [0.29, 0.717) is 13.1 Å². The molecule has 0 saturated heterocycles. The van der Waals surface area contributed by atoms with Gasteiger partial charge in [-0.05, 0) is 50.6 Å². The van der Waals surface area contributed by atoms with Gasteiger partial charge < -0.3 is 5.32 Å². The van der Waals surface area contributed by atoms with Crippen molar-refractivity contribution in [3.05, 3.63) is 51.3 Å². The lowest BCUT2D eigenvalue weighted by Crippen LogP contribution is -2.28. The third-order valence-electron chi connectivity index (χ3n) is 3.65. The molecule has 0 radical (unpaired) electrons. The highest BCUT2D eigenvalue weighted by molar-refractivity contribution is 5.61. The first-order valence-corrected chi connectivity index (χ1v) is 7.40. The zero-order valence-corrected chi connectivity index (χ0v) is 13.2. The van der Waals surface area contributed by atoms with Crippen LogP contribution < -0.4 is 10.9 Å². The molecule has 1 aromatic heterocycles. The van der Waals surface area contributed by atoms with Crippen molar-refractivity contribution in [2.75, 3.05) is 7.05 Å². The maximum atomic E-state index is 12.3. The summed E-state index contributed by atoms with van der Waals surface area (Å²) in [4.78, 5) is 12.3. The van der Waals surface area contributed by atoms with Crippen molar-refractivity contribution in [2.45, 2.75) is 40.3 Å². The largest absolute Gasteiger partial charge is 0.315 e. The number of nitrogens with one attached hydrogen (secondary N) is 1. The van der Waals surface area contributed by atoms with Gasteiger partial charge in [-0.2, -0.15) is 5.10 Å². The van der Waals surface area contributed by atoms with Crippen LogP contribution in [0, 0.1) is 13.8 Å². The van der Waals surface area contributed by atoms with Crippen molar-refractivity contribution in [3.8, 4) is 11.3 Å². The highest BCUT2D eigenvalue weighted by Crippen LogP contribution is 2.20. The Balaban J connectivity index is 2.56. The summed E-state index contributed by atoms with van der Waals surface area (Å²) in [5.41, 5.74) is 5.17. The van der Waals surface area contributed by atoms with Crippen molar-refractivity contribution in [3.63, 3.8) is 0 Å². The second-order valence-corrected chi connectivity index (χ2v) is 5.41. The van der Waals surface area contributed by atoms with Gasteiger partial charge in [0.15, 0.2) is 0 Å². The minimum absolute atomic E-state index is 0.00113. The molecule has 0 amide bonds. The fourth-order valence-corrected chi connectivity index (χ4v) is 2.32. The smallest absolute Gasteiger partial charge is 0.271 e. The summed E-state index contributed by atoms with van der Waals surface area (Å²) in [6.07, 6.45) is 0.891. The molecule has 0 aliphatic heterocycles. The molecular weight excluding hydrogens is 262 g/mol. The Morgan fingerprint density at radius 1 is 1.19 bits per heavy atom. The van der Waals surface area contributed by atoms with Gasteiger partial charge in [0.2, 0.25) is 0 Å². The van der Waals surface area contributed by atoms with E-state index in [4.69, 9.17) is 0 Å². The molecule has 1 aromatic carbocycles. The quantitative estimate of drug-likeness (QED) is 0.918. The summed E-state index contributed by atoms with van der Waals surface area (Å²) in [5, 5.41) is 7.57. The Morgan fingerprint density at radius 2 is 1.95 bits per heavy atom. The molecule has 0 saturated carbocycles. The summed E-state index contributed by atoms with van der Waals surface area (Å²) in [6, 6.07) is 8.19. The van der Waals surface area contributed by atoms with Gasteiger partial charge in [-0.25, -0.2) is 4.68 Å². The molecule has 1 N–H and O–H groups in total. The van der Waals surface area contributed by atoms with E-state index in [1.54, 1.807) is 4.68 Å². The van der Waals surface area contributed by atoms with Crippen LogP contribution in [-0.4, -0.2) is 16.8 Å². The van der Waals surface area contributed by atoms with Gasteiger partial charge in [0.1, 0.15) is 0 Å². The molecule has 0 atom stereocenters. The molecule has 4 nitrogen and oxygen atoms in total. The fourth-order valence-electron chi connectivity index (χ4n) is 2.32. The molecule has 0 aliphatic rings. The Hall–Kier alpha value is -1.94. The van der Waals surface area contributed by atoms with E-state index in [-0.39, 0.29) is 5.56 Å². The number of hydrogen-bond donors (Lipinski definition) is 1. The van der Waals surface area contributed by atoms with E-state index >= 15 is 0 Å². The summed E-state index contributed by atoms with van der Waals surface area (Å²) in [5.74, 6) is 0. The second kappa shape index (κ2) is 6.68. The lowest BCUT2D eigenvalue weighted by atomic mass is 10.0. The van der Waals surface area contributed by atoms with Crippen molar-refractivity contribution in [1.82, 2.24) is 15.1 Å². The zero-order valence-electron chi connectivity index (χ0n) is 13.2. The van der Waals surface area contributed by atoms with Crippen LogP contribution in [0.3, 0.4) is 0 Å². The highest BCUT2D eigenvalue weighted by atomic mass is 16.1. The summed E-state index contributed by atoms with van der Waals surface area (Å²) in [7, 11) is 1.85. The Labute approximate surface area is 125 Å². The molecule has 0 aliphatic carbocycles.